The highest BCUT2D eigenvalue weighted by Crippen LogP contribution is 2.47. The molecule has 0 saturated carbocycles. The first kappa shape index (κ1) is 18.7. The quantitative estimate of drug-likeness (QED) is 0.199. The summed E-state index contributed by atoms with van der Waals surface area (Å²) >= 11 is 0. The number of hydrogen-bond donors (Lipinski definition) is 0. The van der Waals surface area contributed by atoms with Crippen LogP contribution in [0.5, 0.6) is 0 Å². The van der Waals surface area contributed by atoms with Gasteiger partial charge in [0.1, 0.15) is 11.2 Å². The average molecular weight is 553 g/mol. The molecule has 0 aliphatic carbocycles. The summed E-state index contributed by atoms with van der Waals surface area (Å²) in [4.78, 5) is 0. The molecule has 0 N–H and O–H groups in total. The Kier molecular flexibility index (Phi) is 4.11. The minimum atomic E-state index is -0.436. The van der Waals surface area contributed by atoms with Crippen LogP contribution in [0.15, 0.2) is 162 Å². The molecule has 0 unspecified atom stereocenters. The van der Waals surface area contributed by atoms with Crippen molar-refractivity contribution in [3.05, 3.63) is 158 Å². The first-order valence-electron chi connectivity index (χ1n) is 17.3. The second-order valence-corrected chi connectivity index (χ2v) is 10.8. The maximum absolute atomic E-state index is 9.17. The summed E-state index contributed by atoms with van der Waals surface area (Å²) in [5.74, 6) is 0. The largest absolute Gasteiger partial charge is 0.455 e. The zero-order valence-corrected chi connectivity index (χ0v) is 23.0. The van der Waals surface area contributed by atoms with Gasteiger partial charge in [0.2, 0.25) is 0 Å². The van der Waals surface area contributed by atoms with Crippen molar-refractivity contribution in [3.63, 3.8) is 0 Å². The molecule has 0 bridgehead atoms. The van der Waals surface area contributed by atoms with Crippen LogP contribution in [0.1, 0.15) is 8.22 Å². The van der Waals surface area contributed by atoms with Gasteiger partial charge in [-0.05, 0) is 72.4 Å². The van der Waals surface area contributed by atoms with E-state index in [-0.39, 0.29) is 40.5 Å². The van der Waals surface area contributed by atoms with Gasteiger partial charge in [-0.1, -0.05) is 145 Å². The van der Waals surface area contributed by atoms with Gasteiger partial charge in [-0.15, -0.1) is 0 Å². The van der Waals surface area contributed by atoms with Gasteiger partial charge in [-0.2, -0.15) is 0 Å². The average Bonchev–Trinajstić information content (AvgIpc) is 3.54. The Morgan fingerprint density at radius 1 is 0.419 bits per heavy atom. The molecule has 0 fully saturated rings. The molecule has 0 saturated heterocycles. The fraction of sp³-hybridized carbons (Fsp3) is 0. The molecule has 43 heavy (non-hydrogen) atoms. The first-order valence-corrected chi connectivity index (χ1v) is 14.3. The van der Waals surface area contributed by atoms with Gasteiger partial charge in [0.25, 0.3) is 0 Å². The Hall–Kier alpha value is -5.66. The maximum Gasteiger partial charge on any atom is 0.143 e. The highest BCUT2D eigenvalue weighted by molar-refractivity contribution is 6.27. The minimum Gasteiger partial charge on any atom is -0.455 e. The van der Waals surface area contributed by atoms with Crippen LogP contribution >= 0.6 is 0 Å². The zero-order chi connectivity index (χ0) is 33.6. The van der Waals surface area contributed by atoms with Crippen molar-refractivity contribution in [1.82, 2.24) is 0 Å². The maximum atomic E-state index is 9.17. The molecular weight excluding hydrogens is 520 g/mol. The SMILES string of the molecule is [2H]c1c([2H])c([2H])c2c(c1[2H])c([2H])c([2H])c1c2oc2cccc(-c3c4ccccc4c(-c4ccc(-c5ccccc5)cc4)c4ccccc34)c21. The third kappa shape index (κ3) is 3.65. The number of fused-ring (bicyclic) bond motifs is 7. The van der Waals surface area contributed by atoms with Crippen LogP contribution in [0.25, 0.3) is 87.6 Å². The van der Waals surface area contributed by atoms with E-state index in [0.717, 1.165) is 54.9 Å². The fourth-order valence-corrected chi connectivity index (χ4v) is 6.54. The predicted octanol–water partition coefficient (Wildman–Crippen LogP) is 12.0. The van der Waals surface area contributed by atoms with E-state index in [2.05, 4.69) is 60.7 Å². The van der Waals surface area contributed by atoms with Crippen LogP contribution in [0.4, 0.5) is 0 Å². The monoisotopic (exact) mass is 552 g/mol. The van der Waals surface area contributed by atoms with Crippen LogP contribution in [-0.2, 0) is 0 Å². The van der Waals surface area contributed by atoms with Crippen molar-refractivity contribution in [2.75, 3.05) is 0 Å². The molecule has 1 heterocycles. The van der Waals surface area contributed by atoms with Gasteiger partial charge in [0.15, 0.2) is 0 Å². The third-order valence-corrected chi connectivity index (χ3v) is 8.42. The fourth-order valence-electron chi connectivity index (χ4n) is 6.54. The van der Waals surface area contributed by atoms with Crippen LogP contribution in [0.3, 0.4) is 0 Å². The molecule has 0 atom stereocenters. The molecule has 200 valence electrons. The zero-order valence-electron chi connectivity index (χ0n) is 29.0. The van der Waals surface area contributed by atoms with Crippen molar-refractivity contribution >= 4 is 54.3 Å². The number of rotatable bonds is 3. The topological polar surface area (TPSA) is 13.1 Å². The Morgan fingerprint density at radius 3 is 1.74 bits per heavy atom. The first-order chi connectivity index (χ1) is 23.8. The standard InChI is InChI=1S/C42H26O/c1-2-11-27(12-3-1)28-21-23-30(24-22-28)39-32-15-6-8-17-34(32)40(35-18-9-7-16-33(35)39)36-19-10-20-38-41(36)37-26-25-29-13-4-5-14-31(29)42(37)43-38/h1-26H/i4D,5D,13D,14D,25D,26D. The van der Waals surface area contributed by atoms with Crippen LogP contribution in [-0.4, -0.2) is 0 Å². The predicted molar refractivity (Wildman–Crippen MR) is 183 cm³/mol. The smallest absolute Gasteiger partial charge is 0.143 e. The third-order valence-electron chi connectivity index (χ3n) is 8.42. The molecule has 0 spiro atoms. The van der Waals surface area contributed by atoms with Crippen molar-refractivity contribution < 1.29 is 12.6 Å². The van der Waals surface area contributed by atoms with E-state index < -0.39 is 12.1 Å². The van der Waals surface area contributed by atoms with E-state index in [1.807, 2.05) is 60.7 Å². The van der Waals surface area contributed by atoms with Gasteiger partial charge in [0.05, 0.1) is 8.22 Å². The van der Waals surface area contributed by atoms with E-state index in [9.17, 15) is 1.37 Å². The Morgan fingerprint density at radius 2 is 1.02 bits per heavy atom. The molecule has 1 heteroatoms. The molecule has 9 aromatic rings. The van der Waals surface area contributed by atoms with Gasteiger partial charge in [-0.25, -0.2) is 0 Å². The summed E-state index contributed by atoms with van der Waals surface area (Å²) < 4.78 is 58.4. The number of hydrogen-bond acceptors (Lipinski definition) is 1. The summed E-state index contributed by atoms with van der Waals surface area (Å²) in [5.41, 5.74) is 6.97. The number of benzene rings is 8. The lowest BCUT2D eigenvalue weighted by Gasteiger charge is -2.18. The van der Waals surface area contributed by atoms with E-state index in [4.69, 9.17) is 11.3 Å². The summed E-state index contributed by atoms with van der Waals surface area (Å²) in [5, 5.41) is 5.29. The van der Waals surface area contributed by atoms with E-state index in [1.54, 1.807) is 0 Å². The molecule has 0 radical (unpaired) electrons. The van der Waals surface area contributed by atoms with E-state index >= 15 is 0 Å². The molecule has 1 aromatic heterocycles. The van der Waals surface area contributed by atoms with Crippen LogP contribution in [0.2, 0.25) is 0 Å². The molecule has 0 aliphatic rings. The van der Waals surface area contributed by atoms with Crippen molar-refractivity contribution in [3.8, 4) is 33.4 Å². The Labute approximate surface area is 257 Å². The Bertz CT molecular complexity index is 2760. The lowest BCUT2D eigenvalue weighted by Crippen LogP contribution is -1.91. The molecule has 0 amide bonds. The molecule has 8 aromatic carbocycles. The lowest BCUT2D eigenvalue weighted by molar-refractivity contribution is 0.673. The summed E-state index contributed by atoms with van der Waals surface area (Å²) in [6, 6.07) is 39.5. The number of furan rings is 1. The summed E-state index contributed by atoms with van der Waals surface area (Å²) in [7, 11) is 0. The highest BCUT2D eigenvalue weighted by atomic mass is 16.3. The van der Waals surface area contributed by atoms with E-state index in [1.165, 1.54) is 0 Å². The van der Waals surface area contributed by atoms with Gasteiger partial charge in [-0.3, -0.25) is 0 Å². The van der Waals surface area contributed by atoms with E-state index in [0.29, 0.717) is 16.4 Å². The second-order valence-electron chi connectivity index (χ2n) is 10.8. The van der Waals surface area contributed by atoms with Crippen molar-refractivity contribution in [1.29, 1.82) is 0 Å². The van der Waals surface area contributed by atoms with Gasteiger partial charge < -0.3 is 4.42 Å². The molecular formula is C42H26O. The molecule has 0 aliphatic heterocycles. The van der Waals surface area contributed by atoms with Gasteiger partial charge in [0, 0.05) is 16.2 Å². The van der Waals surface area contributed by atoms with Gasteiger partial charge >= 0.3 is 0 Å². The summed E-state index contributed by atoms with van der Waals surface area (Å²) in [6.45, 7) is 0. The minimum absolute atomic E-state index is 0.0114. The molecule has 1 nitrogen and oxygen atoms in total. The normalized spacial score (nSPS) is 13.7. The van der Waals surface area contributed by atoms with Crippen molar-refractivity contribution in [2.24, 2.45) is 0 Å². The molecule has 9 rings (SSSR count). The van der Waals surface area contributed by atoms with Crippen LogP contribution < -0.4 is 0 Å². The highest BCUT2D eigenvalue weighted by Gasteiger charge is 2.20. The van der Waals surface area contributed by atoms with Crippen LogP contribution in [0, 0.1) is 0 Å². The second kappa shape index (κ2) is 9.44. The Balaban J connectivity index is 1.39. The van der Waals surface area contributed by atoms with Crippen molar-refractivity contribution in [2.45, 2.75) is 0 Å². The summed E-state index contributed by atoms with van der Waals surface area (Å²) in [6.07, 6.45) is 0. The lowest BCUT2D eigenvalue weighted by atomic mass is 9.84.